The molecule has 0 radical (unpaired) electrons. The van der Waals surface area contributed by atoms with E-state index in [0.29, 0.717) is 5.69 Å². The van der Waals surface area contributed by atoms with Crippen molar-refractivity contribution in [3.8, 4) is 5.69 Å². The molecule has 0 aliphatic carbocycles. The summed E-state index contributed by atoms with van der Waals surface area (Å²) in [6, 6.07) is 6.04. The lowest BCUT2D eigenvalue weighted by Crippen LogP contribution is -2.07. The van der Waals surface area contributed by atoms with E-state index >= 15 is 0 Å². The van der Waals surface area contributed by atoms with E-state index in [1.807, 2.05) is 32.0 Å². The number of aromatic nitrogens is 3. The molecule has 4 heteroatoms. The maximum atomic E-state index is 11.4. The van der Waals surface area contributed by atoms with Gasteiger partial charge in [0.1, 0.15) is 5.69 Å². The molecule has 0 atom stereocenters. The first-order chi connectivity index (χ1) is 7.59. The molecule has 0 aliphatic rings. The largest absolute Gasteiger partial charge is 0.293 e. The van der Waals surface area contributed by atoms with Gasteiger partial charge in [-0.1, -0.05) is 17.3 Å². The first-order valence-electron chi connectivity index (χ1n) is 5.09. The van der Waals surface area contributed by atoms with Gasteiger partial charge in [-0.2, -0.15) is 0 Å². The Morgan fingerprint density at radius 2 is 2.06 bits per heavy atom. The normalized spacial score (nSPS) is 10.4. The van der Waals surface area contributed by atoms with Gasteiger partial charge in [-0.05, 0) is 31.0 Å². The van der Waals surface area contributed by atoms with Crippen LogP contribution in [0.2, 0.25) is 0 Å². The maximum Gasteiger partial charge on any atom is 0.179 e. The van der Waals surface area contributed by atoms with Gasteiger partial charge in [-0.25, -0.2) is 4.68 Å². The molecule has 0 N–H and O–H groups in total. The third-order valence-corrected chi connectivity index (χ3v) is 2.50. The van der Waals surface area contributed by atoms with Crippen LogP contribution >= 0.6 is 0 Å². The molecule has 16 heavy (non-hydrogen) atoms. The molecule has 0 unspecified atom stereocenters. The topological polar surface area (TPSA) is 47.8 Å². The Kier molecular flexibility index (Phi) is 2.56. The summed E-state index contributed by atoms with van der Waals surface area (Å²) in [5, 5.41) is 7.74. The standard InChI is InChI=1S/C12H13N3O/c1-8-4-5-9(2)11(6-8)15-12(10(3)16)7-13-14-15/h4-7H,1-3H3. The summed E-state index contributed by atoms with van der Waals surface area (Å²) in [7, 11) is 0. The van der Waals surface area contributed by atoms with Crippen LogP contribution in [0.3, 0.4) is 0 Å². The Bertz CT molecular complexity index is 543. The van der Waals surface area contributed by atoms with Crippen LogP contribution in [0, 0.1) is 13.8 Å². The zero-order valence-corrected chi connectivity index (χ0v) is 9.56. The molecular weight excluding hydrogens is 202 g/mol. The van der Waals surface area contributed by atoms with Gasteiger partial charge in [0, 0.05) is 6.92 Å². The van der Waals surface area contributed by atoms with Crippen LogP contribution in [0.25, 0.3) is 5.69 Å². The van der Waals surface area contributed by atoms with E-state index in [1.54, 1.807) is 4.68 Å². The number of hydrogen-bond donors (Lipinski definition) is 0. The monoisotopic (exact) mass is 215 g/mol. The van der Waals surface area contributed by atoms with Crippen LogP contribution in [0.1, 0.15) is 28.5 Å². The predicted molar refractivity (Wildman–Crippen MR) is 60.8 cm³/mol. The molecule has 0 aliphatic heterocycles. The molecule has 2 aromatic rings. The summed E-state index contributed by atoms with van der Waals surface area (Å²) in [6.45, 7) is 5.51. The smallest absolute Gasteiger partial charge is 0.179 e. The number of carbonyl (C=O) groups excluding carboxylic acids is 1. The number of benzene rings is 1. The lowest BCUT2D eigenvalue weighted by Gasteiger charge is -2.08. The van der Waals surface area contributed by atoms with E-state index in [1.165, 1.54) is 13.1 Å². The summed E-state index contributed by atoms with van der Waals surface area (Å²) < 4.78 is 1.59. The van der Waals surface area contributed by atoms with Crippen LogP contribution in [-0.4, -0.2) is 20.8 Å². The lowest BCUT2D eigenvalue weighted by molar-refractivity contribution is 0.101. The highest BCUT2D eigenvalue weighted by atomic mass is 16.1. The van der Waals surface area contributed by atoms with E-state index in [0.717, 1.165) is 16.8 Å². The van der Waals surface area contributed by atoms with Gasteiger partial charge in [0.15, 0.2) is 5.78 Å². The average Bonchev–Trinajstić information content (AvgIpc) is 2.70. The van der Waals surface area contributed by atoms with Gasteiger partial charge in [-0.3, -0.25) is 4.79 Å². The molecule has 0 spiro atoms. The molecule has 0 amide bonds. The minimum Gasteiger partial charge on any atom is -0.293 e. The molecule has 0 saturated carbocycles. The summed E-state index contributed by atoms with van der Waals surface area (Å²) >= 11 is 0. The van der Waals surface area contributed by atoms with E-state index in [9.17, 15) is 4.79 Å². The summed E-state index contributed by atoms with van der Waals surface area (Å²) in [4.78, 5) is 11.4. The lowest BCUT2D eigenvalue weighted by atomic mass is 10.1. The van der Waals surface area contributed by atoms with E-state index in [2.05, 4.69) is 10.3 Å². The predicted octanol–water partition coefficient (Wildman–Crippen LogP) is 2.09. The molecule has 82 valence electrons. The van der Waals surface area contributed by atoms with Crippen molar-refractivity contribution in [2.24, 2.45) is 0 Å². The van der Waals surface area contributed by atoms with Crippen molar-refractivity contribution in [2.75, 3.05) is 0 Å². The molecule has 2 rings (SSSR count). The van der Waals surface area contributed by atoms with E-state index in [-0.39, 0.29) is 5.78 Å². The average molecular weight is 215 g/mol. The van der Waals surface area contributed by atoms with E-state index in [4.69, 9.17) is 0 Å². The summed E-state index contributed by atoms with van der Waals surface area (Å²) in [6.07, 6.45) is 1.49. The Balaban J connectivity index is 2.62. The van der Waals surface area contributed by atoms with Gasteiger partial charge >= 0.3 is 0 Å². The van der Waals surface area contributed by atoms with Crippen molar-refractivity contribution in [3.63, 3.8) is 0 Å². The number of carbonyl (C=O) groups is 1. The fourth-order valence-electron chi connectivity index (χ4n) is 1.60. The van der Waals surface area contributed by atoms with Gasteiger partial charge in [0.2, 0.25) is 0 Å². The fraction of sp³-hybridized carbons (Fsp3) is 0.250. The number of rotatable bonds is 2. The molecule has 0 saturated heterocycles. The quantitative estimate of drug-likeness (QED) is 0.721. The summed E-state index contributed by atoms with van der Waals surface area (Å²) in [5.41, 5.74) is 3.61. The van der Waals surface area contributed by atoms with Crippen molar-refractivity contribution >= 4 is 5.78 Å². The Morgan fingerprint density at radius 3 is 2.75 bits per heavy atom. The first-order valence-corrected chi connectivity index (χ1v) is 5.09. The molecule has 4 nitrogen and oxygen atoms in total. The zero-order valence-electron chi connectivity index (χ0n) is 9.56. The number of aryl methyl sites for hydroxylation is 2. The van der Waals surface area contributed by atoms with Crippen molar-refractivity contribution < 1.29 is 4.79 Å². The molecule has 0 bridgehead atoms. The highest BCUT2D eigenvalue weighted by molar-refractivity contribution is 5.92. The van der Waals surface area contributed by atoms with Crippen LogP contribution in [0.15, 0.2) is 24.4 Å². The second-order valence-electron chi connectivity index (χ2n) is 3.88. The zero-order chi connectivity index (χ0) is 11.7. The SMILES string of the molecule is CC(=O)c1cnnn1-c1cc(C)ccc1C. The third kappa shape index (κ3) is 1.74. The van der Waals surface area contributed by atoms with Crippen molar-refractivity contribution in [3.05, 3.63) is 41.2 Å². The fourth-order valence-corrected chi connectivity index (χ4v) is 1.60. The molecule has 0 fully saturated rings. The maximum absolute atomic E-state index is 11.4. The molecule has 1 aromatic carbocycles. The Morgan fingerprint density at radius 1 is 1.31 bits per heavy atom. The van der Waals surface area contributed by atoms with Crippen molar-refractivity contribution in [1.82, 2.24) is 15.0 Å². The van der Waals surface area contributed by atoms with E-state index < -0.39 is 0 Å². The van der Waals surface area contributed by atoms with Gasteiger partial charge < -0.3 is 0 Å². The highest BCUT2D eigenvalue weighted by Crippen LogP contribution is 2.16. The number of Topliss-reactive ketones (excluding diaryl/α,β-unsaturated/α-hetero) is 1. The van der Waals surface area contributed by atoms with Crippen molar-refractivity contribution in [1.29, 1.82) is 0 Å². The van der Waals surface area contributed by atoms with Gasteiger partial charge in [0.25, 0.3) is 0 Å². The van der Waals surface area contributed by atoms with Crippen LogP contribution < -0.4 is 0 Å². The third-order valence-electron chi connectivity index (χ3n) is 2.50. The minimum atomic E-state index is -0.0362. The van der Waals surface area contributed by atoms with Crippen LogP contribution in [0.5, 0.6) is 0 Å². The number of nitrogens with zero attached hydrogens (tertiary/aromatic N) is 3. The minimum absolute atomic E-state index is 0.0362. The second-order valence-corrected chi connectivity index (χ2v) is 3.88. The second kappa shape index (κ2) is 3.89. The molecular formula is C12H13N3O. The molecule has 1 heterocycles. The number of ketones is 1. The Hall–Kier alpha value is -1.97. The van der Waals surface area contributed by atoms with Crippen LogP contribution in [0.4, 0.5) is 0 Å². The molecule has 1 aromatic heterocycles. The highest BCUT2D eigenvalue weighted by Gasteiger charge is 2.11. The van der Waals surface area contributed by atoms with Crippen molar-refractivity contribution in [2.45, 2.75) is 20.8 Å². The van der Waals surface area contributed by atoms with Crippen LogP contribution in [-0.2, 0) is 0 Å². The van der Waals surface area contributed by atoms with Gasteiger partial charge in [0.05, 0.1) is 11.9 Å². The Labute approximate surface area is 93.9 Å². The first kappa shape index (κ1) is 10.5. The van der Waals surface area contributed by atoms with Gasteiger partial charge in [-0.15, -0.1) is 5.10 Å². The summed E-state index contributed by atoms with van der Waals surface area (Å²) in [5.74, 6) is -0.0362. The number of hydrogen-bond acceptors (Lipinski definition) is 3.